The molecule has 1 aliphatic carbocycles. The minimum absolute atomic E-state index is 0.0292. The Kier molecular flexibility index (Phi) is 4.61. The Morgan fingerprint density at radius 3 is 2.79 bits per heavy atom. The zero-order valence-electron chi connectivity index (χ0n) is 19.4. The number of aromatic nitrogens is 3. The normalized spacial score (nSPS) is 20.5. The van der Waals surface area contributed by atoms with E-state index in [0.29, 0.717) is 17.2 Å². The molecule has 176 valence electrons. The molecule has 2 aliphatic heterocycles. The summed E-state index contributed by atoms with van der Waals surface area (Å²) < 4.78 is 1.51. The van der Waals surface area contributed by atoms with Gasteiger partial charge < -0.3 is 15.5 Å². The predicted molar refractivity (Wildman–Crippen MR) is 130 cm³/mol. The number of fused-ring (bicyclic) bond motifs is 4. The summed E-state index contributed by atoms with van der Waals surface area (Å²) >= 11 is 1.61. The number of nitrogens with one attached hydrogen (secondary N) is 2. The average Bonchev–Trinajstić information content (AvgIpc) is 3.24. The number of carbonyl (C=O) groups excluding carboxylic acids is 2. The van der Waals surface area contributed by atoms with Crippen LogP contribution in [-0.4, -0.2) is 44.3 Å². The lowest BCUT2D eigenvalue weighted by molar-refractivity contribution is -0.139. The van der Waals surface area contributed by atoms with Crippen molar-refractivity contribution < 1.29 is 9.59 Å². The Balaban J connectivity index is 1.38. The molecular formula is C24H26N6O3S. The Morgan fingerprint density at radius 1 is 1.26 bits per heavy atom. The lowest BCUT2D eigenvalue weighted by Gasteiger charge is -2.35. The van der Waals surface area contributed by atoms with Crippen LogP contribution in [0, 0.1) is 12.8 Å². The van der Waals surface area contributed by atoms with E-state index in [4.69, 9.17) is 0 Å². The van der Waals surface area contributed by atoms with Crippen molar-refractivity contribution in [1.82, 2.24) is 24.8 Å². The van der Waals surface area contributed by atoms with E-state index in [0.717, 1.165) is 54.6 Å². The van der Waals surface area contributed by atoms with Gasteiger partial charge in [0.25, 0.3) is 11.5 Å². The van der Waals surface area contributed by atoms with Crippen LogP contribution in [-0.2, 0) is 23.3 Å². The molecule has 3 aliphatic rings. The Morgan fingerprint density at radius 2 is 2.06 bits per heavy atom. The van der Waals surface area contributed by atoms with E-state index in [1.165, 1.54) is 21.3 Å². The number of carbonyl (C=O) groups is 2. The van der Waals surface area contributed by atoms with Gasteiger partial charge in [0.2, 0.25) is 5.91 Å². The van der Waals surface area contributed by atoms with Crippen molar-refractivity contribution in [2.24, 2.45) is 5.92 Å². The van der Waals surface area contributed by atoms with E-state index >= 15 is 0 Å². The maximum absolute atomic E-state index is 13.4. The van der Waals surface area contributed by atoms with Crippen LogP contribution in [0.4, 0.5) is 11.5 Å². The first-order valence-corrected chi connectivity index (χ1v) is 12.5. The quantitative estimate of drug-likeness (QED) is 0.599. The average molecular weight is 479 g/mol. The number of amides is 2. The number of pyridine rings is 1. The Bertz CT molecular complexity index is 1430. The fourth-order valence-corrected chi connectivity index (χ4v) is 6.65. The van der Waals surface area contributed by atoms with Gasteiger partial charge in [0.05, 0.1) is 5.39 Å². The zero-order chi connectivity index (χ0) is 23.8. The monoisotopic (exact) mass is 478 g/mol. The summed E-state index contributed by atoms with van der Waals surface area (Å²) in [6.07, 6.45) is 4.93. The molecule has 1 fully saturated rings. The third-order valence-electron chi connectivity index (χ3n) is 7.20. The van der Waals surface area contributed by atoms with Gasteiger partial charge in [0.1, 0.15) is 34.0 Å². The number of hydrogen-bond donors (Lipinski definition) is 2. The standard InChI is InChI=1S/C24H26N6O3S/c1-12-9-15(23(33)30-18(12)20(31)28-24(30,2)3)27-19-17-14-6-5-13(22(32)29-7-4-8-29)10-16(14)34-21(17)26-11-25-19/h9,11,13H,4-8,10H2,1-3H3,(H,28,31)(H,25,26,27)/t13-/m0/s1. The second-order valence-electron chi connectivity index (χ2n) is 9.89. The molecule has 0 bridgehead atoms. The summed E-state index contributed by atoms with van der Waals surface area (Å²) in [5.74, 6) is 0.639. The molecular weight excluding hydrogens is 452 g/mol. The van der Waals surface area contributed by atoms with Crippen LogP contribution in [0.25, 0.3) is 10.2 Å². The van der Waals surface area contributed by atoms with E-state index in [2.05, 4.69) is 20.6 Å². The summed E-state index contributed by atoms with van der Waals surface area (Å²) in [5, 5.41) is 7.05. The molecule has 5 heterocycles. The van der Waals surface area contributed by atoms with Crippen LogP contribution in [0.3, 0.4) is 0 Å². The minimum Gasteiger partial charge on any atom is -0.342 e. The van der Waals surface area contributed by atoms with E-state index in [1.807, 2.05) is 25.7 Å². The highest BCUT2D eigenvalue weighted by Crippen LogP contribution is 2.41. The Hall–Kier alpha value is -3.27. The van der Waals surface area contributed by atoms with E-state index < -0.39 is 5.66 Å². The second-order valence-corrected chi connectivity index (χ2v) is 11.0. The molecule has 1 saturated heterocycles. The van der Waals surface area contributed by atoms with Crippen LogP contribution >= 0.6 is 11.3 Å². The maximum atomic E-state index is 13.4. The van der Waals surface area contributed by atoms with Gasteiger partial charge in [-0.15, -0.1) is 11.3 Å². The summed E-state index contributed by atoms with van der Waals surface area (Å²) in [6, 6.07) is 1.71. The van der Waals surface area contributed by atoms with Crippen LogP contribution in [0.2, 0.25) is 0 Å². The molecule has 2 N–H and O–H groups in total. The lowest BCUT2D eigenvalue weighted by Crippen LogP contribution is -2.46. The van der Waals surface area contributed by atoms with Crippen LogP contribution in [0.5, 0.6) is 0 Å². The highest BCUT2D eigenvalue weighted by Gasteiger charge is 2.38. The summed E-state index contributed by atoms with van der Waals surface area (Å²) in [6.45, 7) is 7.20. The van der Waals surface area contributed by atoms with E-state index in [1.54, 1.807) is 17.4 Å². The highest BCUT2D eigenvalue weighted by molar-refractivity contribution is 7.19. The van der Waals surface area contributed by atoms with Gasteiger partial charge in [-0.1, -0.05) is 0 Å². The maximum Gasteiger partial charge on any atom is 0.276 e. The van der Waals surface area contributed by atoms with Gasteiger partial charge in [-0.2, -0.15) is 0 Å². The molecule has 0 saturated carbocycles. The van der Waals surface area contributed by atoms with Crippen molar-refractivity contribution in [2.75, 3.05) is 18.4 Å². The first kappa shape index (κ1) is 21.3. The predicted octanol–water partition coefficient (Wildman–Crippen LogP) is 2.68. The number of thiophene rings is 1. The topological polar surface area (TPSA) is 109 Å². The van der Waals surface area contributed by atoms with Crippen molar-refractivity contribution in [1.29, 1.82) is 0 Å². The molecule has 3 aromatic heterocycles. The molecule has 0 radical (unpaired) electrons. The molecule has 0 spiro atoms. The SMILES string of the molecule is Cc1cc(Nc2ncnc3sc4c(c23)CC[C@H](C(=O)N2CCC2)C4)c(=O)n2c1C(=O)NC2(C)C. The van der Waals surface area contributed by atoms with Crippen LogP contribution < -0.4 is 16.2 Å². The summed E-state index contributed by atoms with van der Waals surface area (Å²) in [4.78, 5) is 51.5. The largest absolute Gasteiger partial charge is 0.342 e. The second kappa shape index (κ2) is 7.36. The third-order valence-corrected chi connectivity index (χ3v) is 8.36. The highest BCUT2D eigenvalue weighted by atomic mass is 32.1. The van der Waals surface area contributed by atoms with Crippen molar-refractivity contribution in [3.63, 3.8) is 0 Å². The van der Waals surface area contributed by atoms with Gasteiger partial charge >= 0.3 is 0 Å². The van der Waals surface area contributed by atoms with Crippen LogP contribution in [0.1, 0.15) is 53.2 Å². The van der Waals surface area contributed by atoms with Crippen LogP contribution in [0.15, 0.2) is 17.2 Å². The number of nitrogens with zero attached hydrogens (tertiary/aromatic N) is 4. The molecule has 1 atom stereocenters. The summed E-state index contributed by atoms with van der Waals surface area (Å²) in [7, 11) is 0. The van der Waals surface area contributed by atoms with Crippen molar-refractivity contribution >= 4 is 44.9 Å². The molecule has 10 heteroatoms. The number of rotatable bonds is 3. The van der Waals surface area contributed by atoms with Crippen molar-refractivity contribution in [3.8, 4) is 0 Å². The van der Waals surface area contributed by atoms with E-state index in [-0.39, 0.29) is 23.3 Å². The van der Waals surface area contributed by atoms with Gasteiger partial charge in [-0.05, 0) is 63.6 Å². The van der Waals surface area contributed by atoms with Gasteiger partial charge in [-0.25, -0.2) is 9.97 Å². The molecule has 2 amide bonds. The van der Waals surface area contributed by atoms with Gasteiger partial charge in [-0.3, -0.25) is 19.0 Å². The fraction of sp³-hybridized carbons (Fsp3) is 0.458. The molecule has 3 aromatic rings. The molecule has 0 aromatic carbocycles. The number of hydrogen-bond acceptors (Lipinski definition) is 7. The molecule has 9 nitrogen and oxygen atoms in total. The lowest BCUT2D eigenvalue weighted by atomic mass is 9.86. The third kappa shape index (κ3) is 3.08. The zero-order valence-corrected chi connectivity index (χ0v) is 20.2. The smallest absolute Gasteiger partial charge is 0.276 e. The fourth-order valence-electron chi connectivity index (χ4n) is 5.38. The molecule has 6 rings (SSSR count). The van der Waals surface area contributed by atoms with Gasteiger partial charge in [0, 0.05) is 23.9 Å². The number of aryl methyl sites for hydroxylation is 2. The first-order chi connectivity index (χ1) is 16.2. The minimum atomic E-state index is -0.813. The summed E-state index contributed by atoms with van der Waals surface area (Å²) in [5.41, 5.74) is 1.56. The number of likely N-dealkylation sites (tertiary alicyclic amines) is 1. The van der Waals surface area contributed by atoms with Crippen molar-refractivity contribution in [3.05, 3.63) is 44.4 Å². The number of anilines is 2. The molecule has 0 unspecified atom stereocenters. The van der Waals surface area contributed by atoms with Gasteiger partial charge in [0.15, 0.2) is 0 Å². The van der Waals surface area contributed by atoms with E-state index in [9.17, 15) is 14.4 Å². The first-order valence-electron chi connectivity index (χ1n) is 11.7. The van der Waals surface area contributed by atoms with Crippen molar-refractivity contribution in [2.45, 2.75) is 52.1 Å². The Labute approximate surface area is 200 Å². The molecule has 34 heavy (non-hydrogen) atoms.